The smallest absolute Gasteiger partial charge is 0.109 e. The molecule has 3 N–H and O–H groups in total. The van der Waals surface area contributed by atoms with E-state index in [9.17, 15) is 0 Å². The topological polar surface area (TPSA) is 36.8 Å². The van der Waals surface area contributed by atoms with Gasteiger partial charge in [0, 0.05) is 12.8 Å². The van der Waals surface area contributed by atoms with Crippen LogP contribution in [0.5, 0.6) is 0 Å². The largest absolute Gasteiger partial charge is 0.390 e. The van der Waals surface area contributed by atoms with E-state index in [1.807, 2.05) is 0 Å². The van der Waals surface area contributed by atoms with Crippen molar-refractivity contribution in [3.05, 3.63) is 0 Å². The monoisotopic (exact) mass is 102 g/mol. The van der Waals surface area contributed by atoms with Crippen molar-refractivity contribution in [3.63, 3.8) is 0 Å². The maximum atomic E-state index is 8.53. The maximum absolute atomic E-state index is 8.53. The Bertz CT molecular complexity index is 50.0. The van der Waals surface area contributed by atoms with E-state index in [1.165, 1.54) is 19.4 Å². The molecule has 1 rings (SSSR count). The van der Waals surface area contributed by atoms with Crippen LogP contribution >= 0.6 is 0 Å². The molecule has 0 saturated carbocycles. The van der Waals surface area contributed by atoms with E-state index in [0.717, 1.165) is 0 Å². The number of hydrogen-bond acceptors (Lipinski definition) is 1. The zero-order chi connectivity index (χ0) is 5.11. The van der Waals surface area contributed by atoms with Gasteiger partial charge in [0.1, 0.15) is 6.04 Å². The van der Waals surface area contributed by atoms with E-state index in [-0.39, 0.29) is 0 Å². The molecule has 0 aromatic rings. The van der Waals surface area contributed by atoms with Crippen LogP contribution in [0.15, 0.2) is 0 Å². The summed E-state index contributed by atoms with van der Waals surface area (Å²) in [4.78, 5) is 0. The summed E-state index contributed by atoms with van der Waals surface area (Å²) < 4.78 is 0. The van der Waals surface area contributed by atoms with Crippen molar-refractivity contribution >= 4 is 0 Å². The molecule has 2 nitrogen and oxygen atoms in total. The third-order valence-corrected chi connectivity index (χ3v) is 1.51. The highest BCUT2D eigenvalue weighted by Crippen LogP contribution is 1.94. The second kappa shape index (κ2) is 2.28. The van der Waals surface area contributed by atoms with Crippen LogP contribution < -0.4 is 5.32 Å². The molecule has 0 aliphatic carbocycles. The molecule has 1 fully saturated rings. The SMILES string of the molecule is OCC1CCC[NH2+]1. The van der Waals surface area contributed by atoms with Gasteiger partial charge in [-0.05, 0) is 0 Å². The van der Waals surface area contributed by atoms with Crippen molar-refractivity contribution in [2.75, 3.05) is 13.2 Å². The zero-order valence-corrected chi connectivity index (χ0v) is 4.43. The van der Waals surface area contributed by atoms with Crippen molar-refractivity contribution in [1.29, 1.82) is 0 Å². The molecule has 0 aromatic carbocycles. The minimum atomic E-state index is 0.361. The Hall–Kier alpha value is -0.0800. The van der Waals surface area contributed by atoms with Crippen LogP contribution in [0.3, 0.4) is 0 Å². The fourth-order valence-electron chi connectivity index (χ4n) is 1.02. The first kappa shape index (κ1) is 5.06. The number of aliphatic hydroxyl groups excluding tert-OH is 1. The van der Waals surface area contributed by atoms with Crippen molar-refractivity contribution in [2.45, 2.75) is 18.9 Å². The average molecular weight is 102 g/mol. The van der Waals surface area contributed by atoms with Gasteiger partial charge in [-0.2, -0.15) is 0 Å². The molecule has 0 amide bonds. The van der Waals surface area contributed by atoms with E-state index < -0.39 is 0 Å². The predicted molar refractivity (Wildman–Crippen MR) is 26.9 cm³/mol. The Morgan fingerprint density at radius 3 is 2.86 bits per heavy atom. The van der Waals surface area contributed by atoms with Gasteiger partial charge in [0.05, 0.1) is 13.2 Å². The summed E-state index contributed by atoms with van der Waals surface area (Å²) in [7, 11) is 0. The Balaban J connectivity index is 2.14. The second-order valence-corrected chi connectivity index (χ2v) is 2.11. The number of aliphatic hydroxyl groups is 1. The molecule has 7 heavy (non-hydrogen) atoms. The average Bonchev–Trinajstić information content (AvgIpc) is 2.14. The van der Waals surface area contributed by atoms with Gasteiger partial charge in [0.2, 0.25) is 0 Å². The Kier molecular flexibility index (Phi) is 1.65. The van der Waals surface area contributed by atoms with Gasteiger partial charge in [-0.3, -0.25) is 0 Å². The lowest BCUT2D eigenvalue weighted by Crippen LogP contribution is -2.87. The summed E-state index contributed by atoms with van der Waals surface area (Å²) in [5, 5.41) is 10.7. The molecule has 42 valence electrons. The van der Waals surface area contributed by atoms with Crippen LogP contribution in [0, 0.1) is 0 Å². The lowest BCUT2D eigenvalue weighted by atomic mass is 10.2. The minimum absolute atomic E-state index is 0.361. The highest BCUT2D eigenvalue weighted by molar-refractivity contribution is 4.55. The highest BCUT2D eigenvalue weighted by atomic mass is 16.3. The summed E-state index contributed by atoms with van der Waals surface area (Å²) >= 11 is 0. The van der Waals surface area contributed by atoms with Crippen LogP contribution in [0.25, 0.3) is 0 Å². The Morgan fingerprint density at radius 2 is 2.57 bits per heavy atom. The van der Waals surface area contributed by atoms with Crippen molar-refractivity contribution in [1.82, 2.24) is 0 Å². The lowest BCUT2D eigenvalue weighted by Gasteiger charge is -1.97. The van der Waals surface area contributed by atoms with Crippen molar-refractivity contribution < 1.29 is 10.4 Å². The van der Waals surface area contributed by atoms with Crippen LogP contribution in [0.4, 0.5) is 0 Å². The molecule has 1 saturated heterocycles. The van der Waals surface area contributed by atoms with Gasteiger partial charge in [-0.25, -0.2) is 0 Å². The van der Waals surface area contributed by atoms with E-state index in [4.69, 9.17) is 5.11 Å². The quantitative estimate of drug-likeness (QED) is 0.424. The first-order valence-corrected chi connectivity index (χ1v) is 2.87. The van der Waals surface area contributed by atoms with Gasteiger partial charge in [0.15, 0.2) is 0 Å². The van der Waals surface area contributed by atoms with Crippen molar-refractivity contribution in [3.8, 4) is 0 Å². The first-order valence-electron chi connectivity index (χ1n) is 2.87. The molecular weight excluding hydrogens is 90.1 g/mol. The van der Waals surface area contributed by atoms with Crippen LogP contribution in [-0.4, -0.2) is 24.3 Å². The third kappa shape index (κ3) is 1.14. The number of quaternary nitrogens is 1. The zero-order valence-electron chi connectivity index (χ0n) is 4.43. The Labute approximate surface area is 43.5 Å². The minimum Gasteiger partial charge on any atom is -0.390 e. The molecule has 1 heterocycles. The summed E-state index contributed by atoms with van der Waals surface area (Å²) in [6.45, 7) is 1.57. The van der Waals surface area contributed by atoms with Gasteiger partial charge < -0.3 is 10.4 Å². The van der Waals surface area contributed by atoms with Gasteiger partial charge in [-0.1, -0.05) is 0 Å². The van der Waals surface area contributed by atoms with Gasteiger partial charge in [-0.15, -0.1) is 0 Å². The fourth-order valence-corrected chi connectivity index (χ4v) is 1.02. The summed E-state index contributed by atoms with van der Waals surface area (Å²) in [6.07, 6.45) is 2.49. The molecule has 0 radical (unpaired) electrons. The van der Waals surface area contributed by atoms with E-state index >= 15 is 0 Å². The second-order valence-electron chi connectivity index (χ2n) is 2.11. The molecule has 1 aliphatic rings. The first-order chi connectivity index (χ1) is 3.43. The van der Waals surface area contributed by atoms with Gasteiger partial charge >= 0.3 is 0 Å². The number of nitrogens with two attached hydrogens (primary N) is 1. The number of hydrogen-bond donors (Lipinski definition) is 2. The van der Waals surface area contributed by atoms with Crippen LogP contribution in [0.1, 0.15) is 12.8 Å². The molecule has 1 aliphatic heterocycles. The lowest BCUT2D eigenvalue weighted by molar-refractivity contribution is -0.671. The van der Waals surface area contributed by atoms with Crippen LogP contribution in [-0.2, 0) is 0 Å². The standard InChI is InChI=1S/C5H11NO/c7-4-5-2-1-3-6-5/h5-7H,1-4H2/p+1. The fraction of sp³-hybridized carbons (Fsp3) is 1.00. The van der Waals surface area contributed by atoms with E-state index in [0.29, 0.717) is 12.6 Å². The predicted octanol–water partition coefficient (Wildman–Crippen LogP) is -1.30. The molecular formula is C5H12NO+. The Morgan fingerprint density at radius 1 is 1.71 bits per heavy atom. The molecule has 0 bridgehead atoms. The van der Waals surface area contributed by atoms with E-state index in [1.54, 1.807) is 0 Å². The summed E-state index contributed by atoms with van der Waals surface area (Å²) in [6, 6.07) is 0.528. The maximum Gasteiger partial charge on any atom is 0.109 e. The number of rotatable bonds is 1. The highest BCUT2D eigenvalue weighted by Gasteiger charge is 2.15. The third-order valence-electron chi connectivity index (χ3n) is 1.51. The van der Waals surface area contributed by atoms with Gasteiger partial charge in [0.25, 0.3) is 0 Å². The molecule has 1 unspecified atom stereocenters. The summed E-state index contributed by atoms with van der Waals surface area (Å²) in [5.41, 5.74) is 0. The van der Waals surface area contributed by atoms with Crippen molar-refractivity contribution in [2.24, 2.45) is 0 Å². The normalized spacial score (nSPS) is 31.3. The molecule has 1 atom stereocenters. The molecule has 2 heteroatoms. The molecule has 0 spiro atoms. The molecule has 0 aromatic heterocycles. The summed E-state index contributed by atoms with van der Waals surface area (Å²) in [5.74, 6) is 0. The van der Waals surface area contributed by atoms with E-state index in [2.05, 4.69) is 5.32 Å². The van der Waals surface area contributed by atoms with Crippen LogP contribution in [0.2, 0.25) is 0 Å².